The summed E-state index contributed by atoms with van der Waals surface area (Å²) in [5.41, 5.74) is 7.62. The summed E-state index contributed by atoms with van der Waals surface area (Å²) in [5, 5.41) is 1.07. The average molecular weight is 200 g/mol. The molecular weight excluding hydrogens is 188 g/mol. The second kappa shape index (κ2) is 4.19. The molecule has 0 saturated carbocycles. The molecule has 0 bridgehead atoms. The first-order valence-electron chi connectivity index (χ1n) is 4.85. The van der Waals surface area contributed by atoms with Crippen molar-refractivity contribution < 1.29 is 4.79 Å². The largest absolute Gasteiger partial charge is 0.321 e. The van der Waals surface area contributed by atoms with Gasteiger partial charge in [-0.3, -0.25) is 4.98 Å². The van der Waals surface area contributed by atoms with Gasteiger partial charge in [0.05, 0.1) is 11.6 Å². The van der Waals surface area contributed by atoms with E-state index in [1.165, 1.54) is 0 Å². The summed E-state index contributed by atoms with van der Waals surface area (Å²) >= 11 is 0. The molecule has 1 atom stereocenters. The van der Waals surface area contributed by atoms with Crippen molar-refractivity contribution in [2.24, 2.45) is 5.73 Å². The fourth-order valence-electron chi connectivity index (χ4n) is 1.64. The summed E-state index contributed by atoms with van der Waals surface area (Å²) in [6.07, 6.45) is 3.08. The van der Waals surface area contributed by atoms with E-state index >= 15 is 0 Å². The molecular formula is C12H12N2O. The zero-order valence-electron chi connectivity index (χ0n) is 8.26. The van der Waals surface area contributed by atoms with Crippen molar-refractivity contribution in [2.45, 2.75) is 12.5 Å². The number of carbonyl (C=O) groups is 1. The predicted octanol–water partition coefficient (Wildman–Crippen LogP) is 1.30. The number of fused-ring (bicyclic) bond motifs is 1. The summed E-state index contributed by atoms with van der Waals surface area (Å²) < 4.78 is 0. The number of hydrogen-bond acceptors (Lipinski definition) is 3. The van der Waals surface area contributed by atoms with Crippen LogP contribution < -0.4 is 5.73 Å². The van der Waals surface area contributed by atoms with Crippen LogP contribution in [0.15, 0.2) is 36.5 Å². The van der Waals surface area contributed by atoms with Crippen LogP contribution in [0.25, 0.3) is 10.9 Å². The highest BCUT2D eigenvalue weighted by atomic mass is 16.1. The van der Waals surface area contributed by atoms with E-state index in [4.69, 9.17) is 5.73 Å². The maximum Gasteiger partial charge on any atom is 0.137 e. The quantitative estimate of drug-likeness (QED) is 0.760. The maximum atomic E-state index is 10.5. The van der Waals surface area contributed by atoms with Gasteiger partial charge in [0.25, 0.3) is 0 Å². The molecule has 0 amide bonds. The van der Waals surface area contributed by atoms with Gasteiger partial charge in [0.1, 0.15) is 6.29 Å². The lowest BCUT2D eigenvalue weighted by molar-refractivity contribution is -0.108. The number of hydrogen-bond donors (Lipinski definition) is 1. The highest BCUT2D eigenvalue weighted by molar-refractivity contribution is 5.82. The van der Waals surface area contributed by atoms with Gasteiger partial charge in [0.2, 0.25) is 0 Å². The summed E-state index contributed by atoms with van der Waals surface area (Å²) in [4.78, 5) is 14.8. The van der Waals surface area contributed by atoms with E-state index in [1.54, 1.807) is 6.20 Å². The summed E-state index contributed by atoms with van der Waals surface area (Å²) in [5.74, 6) is 0. The molecule has 0 radical (unpaired) electrons. The number of aldehydes is 1. The third-order valence-corrected chi connectivity index (χ3v) is 2.37. The van der Waals surface area contributed by atoms with Gasteiger partial charge < -0.3 is 10.5 Å². The number of nitrogens with two attached hydrogens (primary N) is 1. The number of pyridine rings is 1. The molecule has 2 N–H and O–H groups in total. The number of benzene rings is 1. The molecule has 0 aliphatic carbocycles. The average Bonchev–Trinajstić information content (AvgIpc) is 2.29. The molecule has 2 aromatic rings. The first-order valence-corrected chi connectivity index (χ1v) is 4.85. The van der Waals surface area contributed by atoms with E-state index in [1.807, 2.05) is 30.3 Å². The molecule has 0 aliphatic rings. The van der Waals surface area contributed by atoms with Gasteiger partial charge in [0, 0.05) is 11.6 Å². The number of rotatable bonds is 3. The lowest BCUT2D eigenvalue weighted by Gasteiger charge is -2.07. The lowest BCUT2D eigenvalue weighted by atomic mass is 10.0. The Morgan fingerprint density at radius 3 is 2.93 bits per heavy atom. The standard InChI is InChI=1S/C12H12N2O/c13-10(8-15)7-9-5-6-14-12-4-2-1-3-11(9)12/h1-6,8,10H,7,13H2/t10-/m0/s1. The number of nitrogens with zero attached hydrogens (tertiary/aromatic N) is 1. The molecule has 3 heteroatoms. The van der Waals surface area contributed by atoms with E-state index in [0.29, 0.717) is 6.42 Å². The lowest BCUT2D eigenvalue weighted by Crippen LogP contribution is -2.24. The van der Waals surface area contributed by atoms with E-state index in [-0.39, 0.29) is 0 Å². The molecule has 76 valence electrons. The highest BCUT2D eigenvalue weighted by Crippen LogP contribution is 2.16. The van der Waals surface area contributed by atoms with E-state index in [2.05, 4.69) is 4.98 Å². The molecule has 0 saturated heterocycles. The van der Waals surface area contributed by atoms with E-state index in [9.17, 15) is 4.79 Å². The number of aromatic nitrogens is 1. The molecule has 3 nitrogen and oxygen atoms in total. The van der Waals surface area contributed by atoms with Gasteiger partial charge in [-0.05, 0) is 24.1 Å². The Balaban J connectivity index is 2.46. The molecule has 0 aliphatic heterocycles. The zero-order valence-corrected chi connectivity index (χ0v) is 8.26. The third-order valence-electron chi connectivity index (χ3n) is 2.37. The molecule has 1 aromatic heterocycles. The van der Waals surface area contributed by atoms with Crippen molar-refractivity contribution in [3.05, 3.63) is 42.1 Å². The van der Waals surface area contributed by atoms with Crippen LogP contribution in [-0.4, -0.2) is 17.3 Å². The van der Waals surface area contributed by atoms with Crippen molar-refractivity contribution in [1.29, 1.82) is 0 Å². The Hall–Kier alpha value is -1.74. The van der Waals surface area contributed by atoms with Crippen LogP contribution in [-0.2, 0) is 11.2 Å². The van der Waals surface area contributed by atoms with E-state index < -0.39 is 6.04 Å². The SMILES string of the molecule is N[C@H](C=O)Cc1ccnc2ccccc12. The maximum absolute atomic E-state index is 10.5. The Kier molecular flexibility index (Phi) is 2.74. The second-order valence-corrected chi connectivity index (χ2v) is 3.49. The van der Waals surface area contributed by atoms with Crippen LogP contribution >= 0.6 is 0 Å². The van der Waals surface area contributed by atoms with Gasteiger partial charge in [-0.2, -0.15) is 0 Å². The van der Waals surface area contributed by atoms with Gasteiger partial charge >= 0.3 is 0 Å². The van der Waals surface area contributed by atoms with Crippen LogP contribution in [0.3, 0.4) is 0 Å². The van der Waals surface area contributed by atoms with Crippen molar-refractivity contribution in [2.75, 3.05) is 0 Å². The minimum absolute atomic E-state index is 0.434. The smallest absolute Gasteiger partial charge is 0.137 e. The van der Waals surface area contributed by atoms with Gasteiger partial charge in [0.15, 0.2) is 0 Å². The molecule has 0 unspecified atom stereocenters. The molecule has 15 heavy (non-hydrogen) atoms. The van der Waals surface area contributed by atoms with Crippen molar-refractivity contribution in [3.63, 3.8) is 0 Å². The van der Waals surface area contributed by atoms with Crippen LogP contribution in [0.4, 0.5) is 0 Å². The van der Waals surface area contributed by atoms with Crippen molar-refractivity contribution >= 4 is 17.2 Å². The molecule has 0 spiro atoms. The Bertz CT molecular complexity index is 477. The van der Waals surface area contributed by atoms with Gasteiger partial charge in [-0.1, -0.05) is 18.2 Å². The number of carbonyl (C=O) groups excluding carboxylic acids is 1. The third kappa shape index (κ3) is 2.02. The molecule has 0 fully saturated rings. The molecule has 1 aromatic carbocycles. The Labute approximate surface area is 87.9 Å². The van der Waals surface area contributed by atoms with Crippen molar-refractivity contribution in [3.8, 4) is 0 Å². The van der Waals surface area contributed by atoms with Crippen LogP contribution in [0, 0.1) is 0 Å². The second-order valence-electron chi connectivity index (χ2n) is 3.49. The summed E-state index contributed by atoms with van der Waals surface area (Å²) in [7, 11) is 0. The minimum atomic E-state index is -0.434. The first-order chi connectivity index (χ1) is 7.31. The summed E-state index contributed by atoms with van der Waals surface area (Å²) in [6.45, 7) is 0. The Morgan fingerprint density at radius 1 is 1.33 bits per heavy atom. The fourth-order valence-corrected chi connectivity index (χ4v) is 1.64. The predicted molar refractivity (Wildman–Crippen MR) is 59.5 cm³/mol. The van der Waals surface area contributed by atoms with Crippen LogP contribution in [0.5, 0.6) is 0 Å². The highest BCUT2D eigenvalue weighted by Gasteiger charge is 2.05. The topological polar surface area (TPSA) is 56.0 Å². The Morgan fingerprint density at radius 2 is 2.13 bits per heavy atom. The normalized spacial score (nSPS) is 12.6. The zero-order chi connectivity index (χ0) is 10.7. The minimum Gasteiger partial charge on any atom is -0.321 e. The number of para-hydroxylation sites is 1. The first kappa shape index (κ1) is 9.80. The van der Waals surface area contributed by atoms with Crippen LogP contribution in [0.1, 0.15) is 5.56 Å². The van der Waals surface area contributed by atoms with Crippen LogP contribution in [0.2, 0.25) is 0 Å². The van der Waals surface area contributed by atoms with Gasteiger partial charge in [-0.25, -0.2) is 0 Å². The molecule has 2 rings (SSSR count). The monoisotopic (exact) mass is 200 g/mol. The van der Waals surface area contributed by atoms with E-state index in [0.717, 1.165) is 22.8 Å². The fraction of sp³-hybridized carbons (Fsp3) is 0.167. The molecule has 1 heterocycles. The van der Waals surface area contributed by atoms with Gasteiger partial charge in [-0.15, -0.1) is 0 Å². The summed E-state index contributed by atoms with van der Waals surface area (Å²) in [6, 6.07) is 9.32. The van der Waals surface area contributed by atoms with Crippen molar-refractivity contribution in [1.82, 2.24) is 4.98 Å².